The van der Waals surface area contributed by atoms with E-state index >= 15 is 0 Å². The smallest absolute Gasteiger partial charge is 0.292 e. The minimum atomic E-state index is -0.649. The lowest BCUT2D eigenvalue weighted by atomic mass is 10.3. The summed E-state index contributed by atoms with van der Waals surface area (Å²) in [6, 6.07) is 3.17. The van der Waals surface area contributed by atoms with Crippen molar-refractivity contribution in [2.45, 2.75) is 0 Å². The summed E-state index contributed by atoms with van der Waals surface area (Å²) in [4.78, 5) is 9.61. The molecule has 0 saturated carbocycles. The maximum atomic E-state index is 10.3. The van der Waals surface area contributed by atoms with Gasteiger partial charge in [-0.3, -0.25) is 10.1 Å². The van der Waals surface area contributed by atoms with Crippen LogP contribution in [0.15, 0.2) is 18.2 Å². The van der Waals surface area contributed by atoms with Gasteiger partial charge in [-0.1, -0.05) is 0 Å². The predicted molar refractivity (Wildman–Crippen MR) is 41.0 cm³/mol. The van der Waals surface area contributed by atoms with E-state index in [1.807, 2.05) is 0 Å². The molecule has 0 spiro atoms. The highest BCUT2D eigenvalue weighted by atomic mass is 16.6. The third-order valence-corrected chi connectivity index (χ3v) is 1.31. The van der Waals surface area contributed by atoms with Gasteiger partial charge >= 0.3 is 0 Å². The van der Waals surface area contributed by atoms with Crippen molar-refractivity contribution in [2.24, 2.45) is 0 Å². The van der Waals surface area contributed by atoms with E-state index in [1.54, 1.807) is 0 Å². The van der Waals surface area contributed by atoms with E-state index in [0.29, 0.717) is 0 Å². The molecule has 66 valence electrons. The number of benzene rings is 1. The molecular formula is C7H4N2O4. The molecule has 0 amide bonds. The third-order valence-electron chi connectivity index (χ3n) is 1.31. The molecule has 0 atom stereocenters. The summed E-state index contributed by atoms with van der Waals surface area (Å²) in [6.07, 6.45) is 1.31. The fourth-order valence-corrected chi connectivity index (χ4v) is 0.747. The Bertz CT molecular complexity index is 383. The maximum Gasteiger partial charge on any atom is 0.292 e. The summed E-state index contributed by atoms with van der Waals surface area (Å²) >= 11 is 0. The second-order valence-electron chi connectivity index (χ2n) is 2.10. The number of aromatic hydroxyl groups is 1. The number of hydrogen-bond acceptors (Lipinski definition) is 5. The first kappa shape index (κ1) is 8.80. The van der Waals surface area contributed by atoms with Gasteiger partial charge < -0.3 is 9.84 Å². The van der Waals surface area contributed by atoms with E-state index in [1.165, 1.54) is 6.26 Å². The third kappa shape index (κ3) is 1.84. The summed E-state index contributed by atoms with van der Waals surface area (Å²) in [5.74, 6) is -0.538. The molecule has 1 aromatic rings. The zero-order valence-corrected chi connectivity index (χ0v) is 6.30. The molecular weight excluding hydrogens is 176 g/mol. The average Bonchev–Trinajstić information content (AvgIpc) is 2.08. The molecule has 0 unspecified atom stereocenters. The molecule has 0 aromatic heterocycles. The standard InChI is InChI=1S/C7H4N2O4/c8-4-13-7-3-5(9(11)12)1-2-6(7)10/h1-3,10H. The molecule has 0 aliphatic heterocycles. The van der Waals surface area contributed by atoms with Crippen molar-refractivity contribution in [1.29, 1.82) is 5.26 Å². The normalized spacial score (nSPS) is 8.85. The molecule has 1 N–H and O–H groups in total. The average molecular weight is 180 g/mol. The number of phenols is 1. The lowest BCUT2D eigenvalue weighted by molar-refractivity contribution is -0.384. The van der Waals surface area contributed by atoms with Crippen molar-refractivity contribution in [3.05, 3.63) is 28.3 Å². The quantitative estimate of drug-likeness (QED) is 0.418. The molecule has 1 aromatic carbocycles. The van der Waals surface area contributed by atoms with E-state index in [4.69, 9.17) is 10.4 Å². The molecule has 0 heterocycles. The van der Waals surface area contributed by atoms with Crippen LogP contribution >= 0.6 is 0 Å². The number of ether oxygens (including phenoxy) is 1. The van der Waals surface area contributed by atoms with Crippen LogP contribution in [-0.4, -0.2) is 10.0 Å². The molecule has 6 heteroatoms. The van der Waals surface area contributed by atoms with Crippen molar-refractivity contribution in [1.82, 2.24) is 0 Å². The van der Waals surface area contributed by atoms with Crippen LogP contribution in [0.3, 0.4) is 0 Å². The molecule has 1 rings (SSSR count). The van der Waals surface area contributed by atoms with Crippen LogP contribution < -0.4 is 4.74 Å². The first-order valence-electron chi connectivity index (χ1n) is 3.18. The minimum Gasteiger partial charge on any atom is -0.504 e. The molecule has 0 aliphatic carbocycles. The first-order valence-corrected chi connectivity index (χ1v) is 3.18. The van der Waals surface area contributed by atoms with Crippen LogP contribution in [-0.2, 0) is 0 Å². The molecule has 0 aliphatic rings. The Balaban J connectivity index is 3.12. The second-order valence-corrected chi connectivity index (χ2v) is 2.10. The van der Waals surface area contributed by atoms with Gasteiger partial charge in [0.1, 0.15) is 0 Å². The Labute approximate surface area is 72.7 Å². The van der Waals surface area contributed by atoms with Crippen LogP contribution in [0.4, 0.5) is 5.69 Å². The van der Waals surface area contributed by atoms with Gasteiger partial charge in [-0.05, 0) is 6.07 Å². The van der Waals surface area contributed by atoms with Gasteiger partial charge in [0, 0.05) is 6.07 Å². The van der Waals surface area contributed by atoms with Crippen molar-refractivity contribution in [3.63, 3.8) is 0 Å². The number of non-ortho nitro benzene ring substituents is 1. The Morgan fingerprint density at radius 3 is 2.85 bits per heavy atom. The van der Waals surface area contributed by atoms with Crippen molar-refractivity contribution in [3.8, 4) is 17.8 Å². The van der Waals surface area contributed by atoms with Crippen LogP contribution in [0.25, 0.3) is 0 Å². The van der Waals surface area contributed by atoms with Gasteiger partial charge in [0.25, 0.3) is 11.9 Å². The highest BCUT2D eigenvalue weighted by Gasteiger charge is 2.10. The minimum absolute atomic E-state index is 0.225. The first-order chi connectivity index (χ1) is 6.15. The SMILES string of the molecule is N#COc1cc([N+](=O)[O-])ccc1O. The molecule has 0 saturated heterocycles. The van der Waals surface area contributed by atoms with Crippen LogP contribution in [0.5, 0.6) is 11.5 Å². The van der Waals surface area contributed by atoms with E-state index in [0.717, 1.165) is 18.2 Å². The summed E-state index contributed by atoms with van der Waals surface area (Å²) < 4.78 is 4.28. The van der Waals surface area contributed by atoms with Gasteiger partial charge in [0.15, 0.2) is 11.5 Å². The Morgan fingerprint density at radius 2 is 2.31 bits per heavy atom. The maximum absolute atomic E-state index is 10.3. The molecule has 13 heavy (non-hydrogen) atoms. The lowest BCUT2D eigenvalue weighted by Crippen LogP contribution is -1.89. The molecule has 0 fully saturated rings. The number of nitro groups is 1. The van der Waals surface area contributed by atoms with Crippen molar-refractivity contribution in [2.75, 3.05) is 0 Å². The molecule has 6 nitrogen and oxygen atoms in total. The molecule has 0 bridgehead atoms. The highest BCUT2D eigenvalue weighted by Crippen LogP contribution is 2.29. The summed E-state index contributed by atoms with van der Waals surface area (Å²) in [6.45, 7) is 0. The zero-order chi connectivity index (χ0) is 9.84. The monoisotopic (exact) mass is 180 g/mol. The number of rotatable bonds is 2. The Kier molecular flexibility index (Phi) is 2.31. The zero-order valence-electron chi connectivity index (χ0n) is 6.30. The second kappa shape index (κ2) is 3.40. The number of nitriles is 1. The lowest BCUT2D eigenvalue weighted by Gasteiger charge is -1.98. The van der Waals surface area contributed by atoms with Gasteiger partial charge in [-0.15, -0.1) is 5.26 Å². The fraction of sp³-hybridized carbons (Fsp3) is 0. The topological polar surface area (TPSA) is 96.4 Å². The van der Waals surface area contributed by atoms with Gasteiger partial charge in [0.05, 0.1) is 11.0 Å². The van der Waals surface area contributed by atoms with Gasteiger partial charge in [0.2, 0.25) is 0 Å². The summed E-state index contributed by atoms with van der Waals surface area (Å²) in [5, 5.41) is 27.4. The van der Waals surface area contributed by atoms with Gasteiger partial charge in [-0.2, -0.15) is 0 Å². The van der Waals surface area contributed by atoms with Crippen molar-refractivity contribution < 1.29 is 14.8 Å². The van der Waals surface area contributed by atoms with Crippen LogP contribution in [0.1, 0.15) is 0 Å². The number of phenolic OH excluding ortho intramolecular Hbond substituents is 1. The van der Waals surface area contributed by atoms with E-state index in [2.05, 4.69) is 4.74 Å². The Morgan fingerprint density at radius 1 is 1.62 bits per heavy atom. The molecule has 0 radical (unpaired) electrons. The number of nitrogens with zero attached hydrogens (tertiary/aromatic N) is 2. The highest BCUT2D eigenvalue weighted by molar-refractivity contribution is 5.48. The van der Waals surface area contributed by atoms with Crippen LogP contribution in [0, 0.1) is 21.6 Å². The van der Waals surface area contributed by atoms with Crippen LogP contribution in [0.2, 0.25) is 0 Å². The fourth-order valence-electron chi connectivity index (χ4n) is 0.747. The van der Waals surface area contributed by atoms with Gasteiger partial charge in [-0.25, -0.2) is 0 Å². The van der Waals surface area contributed by atoms with Crippen molar-refractivity contribution >= 4 is 5.69 Å². The number of nitro benzene ring substituents is 1. The predicted octanol–water partition coefficient (Wildman–Crippen LogP) is 1.16. The Hall–Kier alpha value is -2.29. The largest absolute Gasteiger partial charge is 0.504 e. The van der Waals surface area contributed by atoms with E-state index in [-0.39, 0.29) is 17.2 Å². The van der Waals surface area contributed by atoms with E-state index in [9.17, 15) is 10.1 Å². The number of hydrogen-bond donors (Lipinski definition) is 1. The van der Waals surface area contributed by atoms with E-state index < -0.39 is 4.92 Å². The summed E-state index contributed by atoms with van der Waals surface area (Å²) in [7, 11) is 0. The summed E-state index contributed by atoms with van der Waals surface area (Å²) in [5.41, 5.74) is -0.247.